The van der Waals surface area contributed by atoms with Crippen LogP contribution >= 0.6 is 12.4 Å². The van der Waals surface area contributed by atoms with E-state index in [1.165, 1.54) is 17.7 Å². The molecule has 1 aliphatic carbocycles. The molecule has 1 aliphatic rings. The molecular formula is C14H21ClFNO. The predicted molar refractivity (Wildman–Crippen MR) is 73.3 cm³/mol. The van der Waals surface area contributed by atoms with Crippen LogP contribution in [0.15, 0.2) is 24.3 Å². The second kappa shape index (κ2) is 6.50. The lowest BCUT2D eigenvalue weighted by Crippen LogP contribution is -2.41. The summed E-state index contributed by atoms with van der Waals surface area (Å²) in [6, 6.07) is 6.71. The van der Waals surface area contributed by atoms with Gasteiger partial charge in [-0.25, -0.2) is 4.39 Å². The summed E-state index contributed by atoms with van der Waals surface area (Å²) >= 11 is 0. The molecule has 1 aromatic carbocycles. The van der Waals surface area contributed by atoms with Gasteiger partial charge < -0.3 is 10.8 Å². The number of halogens is 2. The molecule has 102 valence electrons. The predicted octanol–water partition coefficient (Wildman–Crippen LogP) is 2.67. The van der Waals surface area contributed by atoms with E-state index >= 15 is 0 Å². The van der Waals surface area contributed by atoms with Crippen LogP contribution in [0.4, 0.5) is 4.39 Å². The largest absolute Gasteiger partial charge is 0.389 e. The number of aliphatic hydroxyl groups is 1. The Morgan fingerprint density at radius 1 is 1.22 bits per heavy atom. The van der Waals surface area contributed by atoms with Gasteiger partial charge in [-0.1, -0.05) is 12.1 Å². The SMILES string of the molecule is Cl.NC[C@]1(O)CC[C@@H](Cc2ccc(F)cc2)CC1. The highest BCUT2D eigenvalue weighted by Gasteiger charge is 2.31. The van der Waals surface area contributed by atoms with Crippen molar-refractivity contribution in [3.8, 4) is 0 Å². The molecule has 1 fully saturated rings. The monoisotopic (exact) mass is 273 g/mol. The summed E-state index contributed by atoms with van der Waals surface area (Å²) in [6.45, 7) is 0.357. The Morgan fingerprint density at radius 2 is 1.78 bits per heavy atom. The molecule has 3 N–H and O–H groups in total. The molecule has 0 radical (unpaired) electrons. The van der Waals surface area contributed by atoms with Crippen molar-refractivity contribution in [3.05, 3.63) is 35.6 Å². The fraction of sp³-hybridized carbons (Fsp3) is 0.571. The van der Waals surface area contributed by atoms with Gasteiger partial charge in [0.2, 0.25) is 0 Å². The van der Waals surface area contributed by atoms with Crippen LogP contribution in [-0.2, 0) is 6.42 Å². The van der Waals surface area contributed by atoms with E-state index in [0.717, 1.165) is 32.1 Å². The molecule has 0 amide bonds. The Balaban J connectivity index is 0.00000162. The molecule has 0 atom stereocenters. The molecule has 0 heterocycles. The lowest BCUT2D eigenvalue weighted by atomic mass is 9.77. The first-order valence-corrected chi connectivity index (χ1v) is 6.28. The maximum absolute atomic E-state index is 12.8. The van der Waals surface area contributed by atoms with Gasteiger partial charge in [0.25, 0.3) is 0 Å². The van der Waals surface area contributed by atoms with Crippen LogP contribution in [0.3, 0.4) is 0 Å². The highest BCUT2D eigenvalue weighted by Crippen LogP contribution is 2.33. The lowest BCUT2D eigenvalue weighted by molar-refractivity contribution is -0.000913. The van der Waals surface area contributed by atoms with Gasteiger partial charge in [-0.3, -0.25) is 0 Å². The molecule has 2 nitrogen and oxygen atoms in total. The highest BCUT2D eigenvalue weighted by atomic mass is 35.5. The van der Waals surface area contributed by atoms with E-state index in [9.17, 15) is 9.50 Å². The number of hydrogen-bond donors (Lipinski definition) is 2. The average molecular weight is 274 g/mol. The molecule has 4 heteroatoms. The summed E-state index contributed by atoms with van der Waals surface area (Å²) in [7, 11) is 0. The van der Waals surface area contributed by atoms with E-state index in [4.69, 9.17) is 5.73 Å². The van der Waals surface area contributed by atoms with Gasteiger partial charge in [0, 0.05) is 6.54 Å². The first-order valence-electron chi connectivity index (χ1n) is 6.28. The van der Waals surface area contributed by atoms with Gasteiger partial charge in [-0.15, -0.1) is 12.4 Å². The van der Waals surface area contributed by atoms with E-state index in [0.29, 0.717) is 12.5 Å². The molecule has 0 aliphatic heterocycles. The summed E-state index contributed by atoms with van der Waals surface area (Å²) in [4.78, 5) is 0. The average Bonchev–Trinajstić information content (AvgIpc) is 2.35. The van der Waals surface area contributed by atoms with Crippen molar-refractivity contribution in [3.63, 3.8) is 0 Å². The minimum Gasteiger partial charge on any atom is -0.389 e. The molecule has 0 aromatic heterocycles. The zero-order valence-electron chi connectivity index (χ0n) is 10.4. The summed E-state index contributed by atoms with van der Waals surface area (Å²) in [6.07, 6.45) is 4.56. The Hall–Kier alpha value is -0.640. The fourth-order valence-electron chi connectivity index (χ4n) is 2.58. The van der Waals surface area contributed by atoms with Crippen LogP contribution in [0.2, 0.25) is 0 Å². The number of nitrogens with two attached hydrogens (primary N) is 1. The maximum Gasteiger partial charge on any atom is 0.123 e. The van der Waals surface area contributed by atoms with Gasteiger partial charge in [0.15, 0.2) is 0 Å². The van der Waals surface area contributed by atoms with Gasteiger partial charge in [-0.05, 0) is 55.7 Å². The van der Waals surface area contributed by atoms with E-state index < -0.39 is 5.60 Å². The smallest absolute Gasteiger partial charge is 0.123 e. The van der Waals surface area contributed by atoms with Crippen molar-refractivity contribution in [1.29, 1.82) is 0 Å². The first-order chi connectivity index (χ1) is 8.11. The second-order valence-electron chi connectivity index (χ2n) is 5.20. The quantitative estimate of drug-likeness (QED) is 0.889. The minimum atomic E-state index is -0.640. The van der Waals surface area contributed by atoms with Crippen LogP contribution in [-0.4, -0.2) is 17.3 Å². The molecule has 18 heavy (non-hydrogen) atoms. The van der Waals surface area contributed by atoms with Crippen molar-refractivity contribution in [2.24, 2.45) is 11.7 Å². The van der Waals surface area contributed by atoms with Crippen LogP contribution in [0, 0.1) is 11.7 Å². The summed E-state index contributed by atoms with van der Waals surface area (Å²) in [5.41, 5.74) is 6.10. The Kier molecular flexibility index (Phi) is 5.57. The van der Waals surface area contributed by atoms with Gasteiger partial charge >= 0.3 is 0 Å². The van der Waals surface area contributed by atoms with Gasteiger partial charge in [0.05, 0.1) is 5.60 Å². The van der Waals surface area contributed by atoms with Crippen molar-refractivity contribution in [2.75, 3.05) is 6.54 Å². The van der Waals surface area contributed by atoms with Crippen LogP contribution in [0.1, 0.15) is 31.2 Å². The molecule has 2 rings (SSSR count). The van der Waals surface area contributed by atoms with Gasteiger partial charge in [-0.2, -0.15) is 0 Å². The van der Waals surface area contributed by atoms with E-state index in [-0.39, 0.29) is 18.2 Å². The van der Waals surface area contributed by atoms with Crippen LogP contribution < -0.4 is 5.73 Å². The van der Waals surface area contributed by atoms with Crippen molar-refractivity contribution >= 4 is 12.4 Å². The number of hydrogen-bond acceptors (Lipinski definition) is 2. The molecule has 0 saturated heterocycles. The summed E-state index contributed by atoms with van der Waals surface area (Å²) in [5.74, 6) is 0.405. The third kappa shape index (κ3) is 3.94. The topological polar surface area (TPSA) is 46.2 Å². The van der Waals surface area contributed by atoms with Crippen molar-refractivity contribution < 1.29 is 9.50 Å². The maximum atomic E-state index is 12.8. The number of rotatable bonds is 3. The Bertz CT molecular complexity index is 361. The lowest BCUT2D eigenvalue weighted by Gasteiger charge is -2.35. The zero-order valence-corrected chi connectivity index (χ0v) is 11.3. The van der Waals surface area contributed by atoms with Crippen LogP contribution in [0.5, 0.6) is 0 Å². The fourth-order valence-corrected chi connectivity index (χ4v) is 2.58. The zero-order chi connectivity index (χ0) is 12.3. The Morgan fingerprint density at radius 3 is 2.28 bits per heavy atom. The van der Waals surface area contributed by atoms with Crippen molar-refractivity contribution in [1.82, 2.24) is 0 Å². The van der Waals surface area contributed by atoms with E-state index in [1.807, 2.05) is 12.1 Å². The van der Waals surface area contributed by atoms with Crippen molar-refractivity contribution in [2.45, 2.75) is 37.7 Å². The summed E-state index contributed by atoms with van der Waals surface area (Å²) < 4.78 is 12.8. The Labute approximate surface area is 114 Å². The molecule has 1 aromatic rings. The van der Waals surface area contributed by atoms with E-state index in [1.54, 1.807) is 0 Å². The minimum absolute atomic E-state index is 0. The summed E-state index contributed by atoms with van der Waals surface area (Å²) in [5, 5.41) is 10.0. The van der Waals surface area contributed by atoms with Gasteiger partial charge in [0.1, 0.15) is 5.82 Å². The highest BCUT2D eigenvalue weighted by molar-refractivity contribution is 5.85. The van der Waals surface area contributed by atoms with E-state index in [2.05, 4.69) is 0 Å². The number of benzene rings is 1. The molecule has 0 spiro atoms. The molecule has 1 saturated carbocycles. The molecular weight excluding hydrogens is 253 g/mol. The standard InChI is InChI=1S/C14H20FNO.ClH/c15-13-3-1-11(2-4-13)9-12-5-7-14(17,10-16)8-6-12;/h1-4,12,17H,5-10,16H2;1H/t12-,14+;. The third-order valence-corrected chi connectivity index (χ3v) is 3.85. The van der Waals surface area contributed by atoms with Crippen LogP contribution in [0.25, 0.3) is 0 Å². The molecule has 0 bridgehead atoms. The molecule has 0 unspecified atom stereocenters. The first kappa shape index (κ1) is 15.4. The normalized spacial score (nSPS) is 27.6. The second-order valence-corrected chi connectivity index (χ2v) is 5.20. The third-order valence-electron chi connectivity index (χ3n) is 3.85.